The van der Waals surface area contributed by atoms with Crippen LogP contribution in [0.5, 0.6) is 0 Å². The molecule has 3 aliphatic carbocycles. The van der Waals surface area contributed by atoms with Gasteiger partial charge in [0.25, 0.3) is 0 Å². The minimum atomic E-state index is 0.0956. The van der Waals surface area contributed by atoms with Crippen LogP contribution in [0.2, 0.25) is 0 Å². The molecule has 0 radical (unpaired) electrons. The third-order valence-electron chi connectivity index (χ3n) is 7.35. The number of nitrogens with two attached hydrogens (primary N) is 2. The highest BCUT2D eigenvalue weighted by Crippen LogP contribution is 2.64. The molecule has 0 aliphatic heterocycles. The van der Waals surface area contributed by atoms with Gasteiger partial charge in [-0.3, -0.25) is 0 Å². The van der Waals surface area contributed by atoms with Crippen molar-refractivity contribution in [2.24, 2.45) is 11.8 Å². The third kappa shape index (κ3) is 1.91. The minimum absolute atomic E-state index is 0.0956. The van der Waals surface area contributed by atoms with Gasteiger partial charge in [-0.05, 0) is 65.8 Å². The number of anilines is 2. The van der Waals surface area contributed by atoms with Crippen molar-refractivity contribution in [1.29, 1.82) is 0 Å². The Morgan fingerprint density at radius 3 is 1.96 bits per heavy atom. The quantitative estimate of drug-likeness (QED) is 0.714. The van der Waals surface area contributed by atoms with Crippen LogP contribution < -0.4 is 11.5 Å². The summed E-state index contributed by atoms with van der Waals surface area (Å²) in [5.74, 6) is 1.42. The Balaban J connectivity index is 1.87. The van der Waals surface area contributed by atoms with E-state index in [9.17, 15) is 0 Å². The lowest BCUT2D eigenvalue weighted by Gasteiger charge is -2.44. The van der Waals surface area contributed by atoms with Crippen molar-refractivity contribution in [2.45, 2.75) is 56.8 Å². The van der Waals surface area contributed by atoms with Gasteiger partial charge in [0.15, 0.2) is 0 Å². The Hall–Kier alpha value is -1.96. The summed E-state index contributed by atoms with van der Waals surface area (Å²) < 4.78 is 0. The molecule has 2 aromatic carbocycles. The van der Waals surface area contributed by atoms with E-state index in [4.69, 9.17) is 11.5 Å². The molecule has 3 aliphatic rings. The Labute approximate surface area is 150 Å². The standard InChI is InChI=1S/C23H28N2/c24-20-14-13-18-17-11-5-6-12-19(17)23(21(18)22(20)25,15-7-1-2-8-15)16-9-3-4-10-16/h5-6,11-16H,1-4,7-10,24-25H2. The highest BCUT2D eigenvalue weighted by molar-refractivity contribution is 5.90. The van der Waals surface area contributed by atoms with Crippen molar-refractivity contribution in [1.82, 2.24) is 0 Å². The molecule has 0 heterocycles. The van der Waals surface area contributed by atoms with Gasteiger partial charge >= 0.3 is 0 Å². The van der Waals surface area contributed by atoms with Crippen molar-refractivity contribution >= 4 is 11.4 Å². The second kappa shape index (κ2) is 5.52. The summed E-state index contributed by atoms with van der Waals surface area (Å²) >= 11 is 0. The Bertz CT molecular complexity index is 795. The number of hydrogen-bond donors (Lipinski definition) is 2. The zero-order valence-electron chi connectivity index (χ0n) is 14.9. The van der Waals surface area contributed by atoms with Crippen LogP contribution >= 0.6 is 0 Å². The van der Waals surface area contributed by atoms with Crippen LogP contribution in [0.15, 0.2) is 36.4 Å². The number of fused-ring (bicyclic) bond motifs is 3. The predicted molar refractivity (Wildman–Crippen MR) is 105 cm³/mol. The van der Waals surface area contributed by atoms with Crippen LogP contribution in [-0.4, -0.2) is 0 Å². The van der Waals surface area contributed by atoms with Gasteiger partial charge in [-0.2, -0.15) is 0 Å². The smallest absolute Gasteiger partial charge is 0.0595 e. The molecule has 4 N–H and O–H groups in total. The van der Waals surface area contributed by atoms with Gasteiger partial charge in [0.2, 0.25) is 0 Å². The van der Waals surface area contributed by atoms with Crippen LogP contribution in [0, 0.1) is 11.8 Å². The third-order valence-corrected chi connectivity index (χ3v) is 7.35. The molecule has 0 spiro atoms. The zero-order valence-corrected chi connectivity index (χ0v) is 14.9. The summed E-state index contributed by atoms with van der Waals surface area (Å²) in [6.07, 6.45) is 10.8. The highest BCUT2D eigenvalue weighted by atomic mass is 14.7. The van der Waals surface area contributed by atoms with E-state index in [1.165, 1.54) is 68.1 Å². The minimum Gasteiger partial charge on any atom is -0.397 e. The second-order valence-electron chi connectivity index (χ2n) is 8.37. The lowest BCUT2D eigenvalue weighted by molar-refractivity contribution is 0.224. The molecule has 2 nitrogen and oxygen atoms in total. The van der Waals surface area contributed by atoms with E-state index >= 15 is 0 Å². The number of nitrogen functional groups attached to an aromatic ring is 2. The van der Waals surface area contributed by atoms with E-state index in [1.54, 1.807) is 5.56 Å². The normalized spacial score (nSPS) is 22.2. The van der Waals surface area contributed by atoms with E-state index < -0.39 is 0 Å². The van der Waals surface area contributed by atoms with Gasteiger partial charge in [0, 0.05) is 5.41 Å². The van der Waals surface area contributed by atoms with Gasteiger partial charge in [-0.15, -0.1) is 0 Å². The Kier molecular flexibility index (Phi) is 3.38. The highest BCUT2D eigenvalue weighted by Gasteiger charge is 2.55. The maximum Gasteiger partial charge on any atom is 0.0595 e. The van der Waals surface area contributed by atoms with E-state index in [-0.39, 0.29) is 5.41 Å². The summed E-state index contributed by atoms with van der Waals surface area (Å²) in [5.41, 5.74) is 20.4. The van der Waals surface area contributed by atoms with Gasteiger partial charge in [-0.1, -0.05) is 56.0 Å². The second-order valence-corrected chi connectivity index (χ2v) is 8.37. The summed E-state index contributed by atoms with van der Waals surface area (Å²) in [7, 11) is 0. The fourth-order valence-corrected chi connectivity index (χ4v) is 6.46. The molecule has 0 unspecified atom stereocenters. The number of rotatable bonds is 2. The van der Waals surface area contributed by atoms with Gasteiger partial charge in [-0.25, -0.2) is 0 Å². The topological polar surface area (TPSA) is 52.0 Å². The van der Waals surface area contributed by atoms with E-state index in [2.05, 4.69) is 30.3 Å². The van der Waals surface area contributed by atoms with Crippen LogP contribution in [0.3, 0.4) is 0 Å². The molecule has 0 atom stereocenters. The van der Waals surface area contributed by atoms with Crippen LogP contribution in [0.4, 0.5) is 11.4 Å². The van der Waals surface area contributed by atoms with Gasteiger partial charge < -0.3 is 11.5 Å². The molecule has 5 rings (SSSR count). The van der Waals surface area contributed by atoms with Gasteiger partial charge in [0.05, 0.1) is 11.4 Å². The largest absolute Gasteiger partial charge is 0.397 e. The lowest BCUT2D eigenvalue weighted by Crippen LogP contribution is -2.41. The zero-order chi connectivity index (χ0) is 17.0. The maximum atomic E-state index is 6.70. The maximum absolute atomic E-state index is 6.70. The average Bonchev–Trinajstić information content (AvgIpc) is 3.37. The van der Waals surface area contributed by atoms with Gasteiger partial charge in [0.1, 0.15) is 0 Å². The molecule has 2 aromatic rings. The van der Waals surface area contributed by atoms with Crippen molar-refractivity contribution in [3.05, 3.63) is 47.5 Å². The Morgan fingerprint density at radius 1 is 0.720 bits per heavy atom. The summed E-state index contributed by atoms with van der Waals surface area (Å²) in [6, 6.07) is 13.3. The molecule has 0 saturated heterocycles. The van der Waals surface area contributed by atoms with E-state index in [0.29, 0.717) is 11.8 Å². The lowest BCUT2D eigenvalue weighted by atomic mass is 9.59. The summed E-state index contributed by atoms with van der Waals surface area (Å²) in [6.45, 7) is 0. The molecule has 2 saturated carbocycles. The van der Waals surface area contributed by atoms with Crippen molar-refractivity contribution in [3.8, 4) is 11.1 Å². The predicted octanol–water partition coefficient (Wildman–Crippen LogP) is 5.50. The molecular weight excluding hydrogens is 304 g/mol. The average molecular weight is 332 g/mol. The fourth-order valence-electron chi connectivity index (χ4n) is 6.46. The SMILES string of the molecule is Nc1ccc2c(c1N)C(C1CCCC1)(C1CCCC1)c1ccccc1-2. The fraction of sp³-hybridized carbons (Fsp3) is 0.478. The first-order valence-corrected chi connectivity index (χ1v) is 10.0. The molecule has 130 valence electrons. The van der Waals surface area contributed by atoms with Crippen LogP contribution in [0.25, 0.3) is 11.1 Å². The first-order chi connectivity index (χ1) is 12.2. The molecule has 0 bridgehead atoms. The monoisotopic (exact) mass is 332 g/mol. The van der Waals surface area contributed by atoms with Crippen LogP contribution in [0.1, 0.15) is 62.5 Å². The van der Waals surface area contributed by atoms with E-state index in [1.807, 2.05) is 6.07 Å². The number of hydrogen-bond acceptors (Lipinski definition) is 2. The van der Waals surface area contributed by atoms with Crippen molar-refractivity contribution < 1.29 is 0 Å². The first kappa shape index (κ1) is 15.3. The summed E-state index contributed by atoms with van der Waals surface area (Å²) in [5, 5.41) is 0. The molecule has 25 heavy (non-hydrogen) atoms. The van der Waals surface area contributed by atoms with E-state index in [0.717, 1.165) is 11.4 Å². The molecule has 2 heteroatoms. The Morgan fingerprint density at radius 2 is 1.32 bits per heavy atom. The van der Waals surface area contributed by atoms with Crippen molar-refractivity contribution in [2.75, 3.05) is 11.5 Å². The number of benzene rings is 2. The molecule has 0 aromatic heterocycles. The molecular formula is C23H28N2. The molecule has 0 amide bonds. The first-order valence-electron chi connectivity index (χ1n) is 10.0. The van der Waals surface area contributed by atoms with Crippen LogP contribution in [-0.2, 0) is 5.41 Å². The molecule has 2 fully saturated rings. The van der Waals surface area contributed by atoms with Crippen molar-refractivity contribution in [3.63, 3.8) is 0 Å². The summed E-state index contributed by atoms with van der Waals surface area (Å²) in [4.78, 5) is 0.